The highest BCUT2D eigenvalue weighted by Gasteiger charge is 2.20. The van der Waals surface area contributed by atoms with Crippen LogP contribution in [-0.4, -0.2) is 49.3 Å². The van der Waals surface area contributed by atoms with Gasteiger partial charge in [-0.15, -0.1) is 0 Å². The van der Waals surface area contributed by atoms with E-state index >= 15 is 0 Å². The van der Waals surface area contributed by atoms with Gasteiger partial charge in [-0.2, -0.15) is 0 Å². The number of rotatable bonds is 4. The van der Waals surface area contributed by atoms with Gasteiger partial charge in [-0.3, -0.25) is 9.69 Å². The molecule has 0 unspecified atom stereocenters. The monoisotopic (exact) mass is 246 g/mol. The topological polar surface area (TPSA) is 23.6 Å². The SMILES string of the molecule is CN1CCC(N(C)Cc2cccc(C=O)c2)CC1. The molecule has 0 aromatic heterocycles. The average molecular weight is 246 g/mol. The van der Waals surface area contributed by atoms with Crippen molar-refractivity contribution in [1.82, 2.24) is 9.80 Å². The van der Waals surface area contributed by atoms with Gasteiger partial charge in [0.2, 0.25) is 0 Å². The zero-order chi connectivity index (χ0) is 13.0. The van der Waals surface area contributed by atoms with Crippen molar-refractivity contribution < 1.29 is 4.79 Å². The van der Waals surface area contributed by atoms with E-state index in [0.29, 0.717) is 6.04 Å². The zero-order valence-corrected chi connectivity index (χ0v) is 11.3. The number of piperidine rings is 1. The third-order valence-corrected chi connectivity index (χ3v) is 3.83. The van der Waals surface area contributed by atoms with Crippen LogP contribution < -0.4 is 0 Å². The van der Waals surface area contributed by atoms with E-state index in [1.807, 2.05) is 18.2 Å². The first kappa shape index (κ1) is 13.2. The van der Waals surface area contributed by atoms with E-state index in [4.69, 9.17) is 0 Å². The minimum Gasteiger partial charge on any atom is -0.306 e. The molecule has 0 radical (unpaired) electrons. The number of hydrogen-bond donors (Lipinski definition) is 0. The van der Waals surface area contributed by atoms with Crippen molar-refractivity contribution in [1.29, 1.82) is 0 Å². The number of hydrogen-bond acceptors (Lipinski definition) is 3. The first-order valence-corrected chi connectivity index (χ1v) is 6.62. The molecular formula is C15H22N2O. The second-order valence-corrected chi connectivity index (χ2v) is 5.31. The third kappa shape index (κ3) is 3.40. The molecule has 1 aliphatic heterocycles. The Morgan fingerprint density at radius 2 is 2.11 bits per heavy atom. The van der Waals surface area contributed by atoms with E-state index < -0.39 is 0 Å². The number of carbonyl (C=O) groups is 1. The van der Waals surface area contributed by atoms with E-state index in [-0.39, 0.29) is 0 Å². The quantitative estimate of drug-likeness (QED) is 0.759. The van der Waals surface area contributed by atoms with Gasteiger partial charge in [0.15, 0.2) is 0 Å². The number of benzene rings is 1. The summed E-state index contributed by atoms with van der Waals surface area (Å²) in [6.45, 7) is 3.29. The largest absolute Gasteiger partial charge is 0.306 e. The molecule has 0 amide bonds. The van der Waals surface area contributed by atoms with E-state index in [0.717, 1.165) is 18.4 Å². The molecule has 0 bridgehead atoms. The summed E-state index contributed by atoms with van der Waals surface area (Å²) in [4.78, 5) is 15.6. The summed E-state index contributed by atoms with van der Waals surface area (Å²) in [6, 6.07) is 8.56. The number of carbonyl (C=O) groups excluding carboxylic acids is 1. The molecule has 1 aliphatic rings. The van der Waals surface area contributed by atoms with Crippen LogP contribution in [0.4, 0.5) is 0 Å². The molecule has 0 spiro atoms. The van der Waals surface area contributed by atoms with Gasteiger partial charge in [-0.05, 0) is 51.7 Å². The average Bonchev–Trinajstić information content (AvgIpc) is 2.39. The summed E-state index contributed by atoms with van der Waals surface area (Å²) in [5.41, 5.74) is 1.99. The van der Waals surface area contributed by atoms with Crippen LogP contribution in [-0.2, 0) is 6.54 Å². The molecular weight excluding hydrogens is 224 g/mol. The molecule has 0 saturated carbocycles. The molecule has 1 aromatic rings. The number of nitrogens with zero attached hydrogens (tertiary/aromatic N) is 2. The Hall–Kier alpha value is -1.19. The smallest absolute Gasteiger partial charge is 0.150 e. The molecule has 0 atom stereocenters. The normalized spacial score (nSPS) is 18.2. The van der Waals surface area contributed by atoms with Crippen LogP contribution in [0.25, 0.3) is 0 Å². The second-order valence-electron chi connectivity index (χ2n) is 5.31. The predicted octanol–water partition coefficient (Wildman–Crippen LogP) is 2.03. The summed E-state index contributed by atoms with van der Waals surface area (Å²) >= 11 is 0. The summed E-state index contributed by atoms with van der Waals surface area (Å²) in [7, 11) is 4.37. The molecule has 3 heteroatoms. The summed E-state index contributed by atoms with van der Waals surface area (Å²) in [5, 5.41) is 0. The first-order valence-electron chi connectivity index (χ1n) is 6.62. The fraction of sp³-hybridized carbons (Fsp3) is 0.533. The van der Waals surface area contributed by atoms with Crippen molar-refractivity contribution in [2.45, 2.75) is 25.4 Å². The second kappa shape index (κ2) is 6.12. The summed E-state index contributed by atoms with van der Waals surface area (Å²) < 4.78 is 0. The van der Waals surface area contributed by atoms with Crippen LogP contribution in [0.1, 0.15) is 28.8 Å². The lowest BCUT2D eigenvalue weighted by molar-refractivity contribution is 0.112. The highest BCUT2D eigenvalue weighted by molar-refractivity contribution is 5.74. The molecule has 1 aromatic carbocycles. The number of aldehydes is 1. The third-order valence-electron chi connectivity index (χ3n) is 3.83. The Morgan fingerprint density at radius 1 is 1.39 bits per heavy atom. The van der Waals surface area contributed by atoms with Crippen LogP contribution in [0, 0.1) is 0 Å². The van der Waals surface area contributed by atoms with Crippen molar-refractivity contribution in [2.24, 2.45) is 0 Å². The zero-order valence-electron chi connectivity index (χ0n) is 11.3. The maximum atomic E-state index is 10.8. The van der Waals surface area contributed by atoms with Gasteiger partial charge >= 0.3 is 0 Å². The van der Waals surface area contributed by atoms with Gasteiger partial charge in [-0.25, -0.2) is 0 Å². The fourth-order valence-electron chi connectivity index (χ4n) is 2.62. The summed E-state index contributed by atoms with van der Waals surface area (Å²) in [6.07, 6.45) is 3.39. The van der Waals surface area contributed by atoms with Gasteiger partial charge in [0.1, 0.15) is 6.29 Å². The maximum absolute atomic E-state index is 10.8. The highest BCUT2D eigenvalue weighted by Crippen LogP contribution is 2.16. The van der Waals surface area contributed by atoms with Crippen molar-refractivity contribution in [3.8, 4) is 0 Å². The molecule has 1 fully saturated rings. The Labute approximate surface area is 109 Å². The Bertz CT molecular complexity index is 397. The van der Waals surface area contributed by atoms with Gasteiger partial charge in [0, 0.05) is 18.2 Å². The highest BCUT2D eigenvalue weighted by atomic mass is 16.1. The maximum Gasteiger partial charge on any atom is 0.150 e. The molecule has 1 heterocycles. The molecule has 3 nitrogen and oxygen atoms in total. The lowest BCUT2D eigenvalue weighted by Gasteiger charge is -2.35. The molecule has 0 aliphatic carbocycles. The van der Waals surface area contributed by atoms with E-state index in [2.05, 4.69) is 30.0 Å². The van der Waals surface area contributed by atoms with Crippen molar-refractivity contribution in [3.63, 3.8) is 0 Å². The minimum atomic E-state index is 0.668. The van der Waals surface area contributed by atoms with Crippen LogP contribution in [0.2, 0.25) is 0 Å². The first-order chi connectivity index (χ1) is 8.69. The van der Waals surface area contributed by atoms with E-state index in [1.54, 1.807) is 0 Å². The van der Waals surface area contributed by atoms with Gasteiger partial charge < -0.3 is 4.90 Å². The standard InChI is InChI=1S/C15H22N2O/c1-16-8-6-15(7-9-16)17(2)11-13-4-3-5-14(10-13)12-18/h3-5,10,12,15H,6-9,11H2,1-2H3. The van der Waals surface area contributed by atoms with Crippen LogP contribution >= 0.6 is 0 Å². The predicted molar refractivity (Wildman–Crippen MR) is 73.8 cm³/mol. The lowest BCUT2D eigenvalue weighted by Crippen LogP contribution is -2.41. The van der Waals surface area contributed by atoms with Crippen molar-refractivity contribution in [3.05, 3.63) is 35.4 Å². The molecule has 2 rings (SSSR count). The van der Waals surface area contributed by atoms with E-state index in [1.165, 1.54) is 31.5 Å². The van der Waals surface area contributed by atoms with Crippen LogP contribution in [0.5, 0.6) is 0 Å². The minimum absolute atomic E-state index is 0.668. The van der Waals surface area contributed by atoms with Crippen LogP contribution in [0.3, 0.4) is 0 Å². The van der Waals surface area contributed by atoms with Crippen molar-refractivity contribution in [2.75, 3.05) is 27.2 Å². The molecule has 1 saturated heterocycles. The van der Waals surface area contributed by atoms with E-state index in [9.17, 15) is 4.79 Å². The molecule has 98 valence electrons. The lowest BCUT2D eigenvalue weighted by atomic mass is 10.0. The Kier molecular flexibility index (Phi) is 4.50. The van der Waals surface area contributed by atoms with Gasteiger partial charge in [0.05, 0.1) is 0 Å². The van der Waals surface area contributed by atoms with Gasteiger partial charge in [0.25, 0.3) is 0 Å². The van der Waals surface area contributed by atoms with Crippen LogP contribution in [0.15, 0.2) is 24.3 Å². The Morgan fingerprint density at radius 3 is 2.78 bits per heavy atom. The van der Waals surface area contributed by atoms with Gasteiger partial charge in [-0.1, -0.05) is 18.2 Å². The number of likely N-dealkylation sites (tertiary alicyclic amines) is 1. The fourth-order valence-corrected chi connectivity index (χ4v) is 2.62. The Balaban J connectivity index is 1.93. The molecule has 18 heavy (non-hydrogen) atoms. The van der Waals surface area contributed by atoms with Crippen molar-refractivity contribution >= 4 is 6.29 Å². The summed E-state index contributed by atoms with van der Waals surface area (Å²) in [5.74, 6) is 0. The molecule has 0 N–H and O–H groups in total.